The van der Waals surface area contributed by atoms with E-state index in [2.05, 4.69) is 5.32 Å². The first-order chi connectivity index (χ1) is 9.74. The Morgan fingerprint density at radius 2 is 2.20 bits per heavy atom. The highest BCUT2D eigenvalue weighted by molar-refractivity contribution is 6.30. The fourth-order valence-electron chi connectivity index (χ4n) is 2.16. The van der Waals surface area contributed by atoms with Crippen molar-refractivity contribution in [3.63, 3.8) is 0 Å². The van der Waals surface area contributed by atoms with E-state index in [-0.39, 0.29) is 6.10 Å². The Morgan fingerprint density at radius 1 is 1.40 bits per heavy atom. The van der Waals surface area contributed by atoms with Gasteiger partial charge in [0.1, 0.15) is 0 Å². The van der Waals surface area contributed by atoms with Crippen molar-refractivity contribution in [2.75, 3.05) is 26.4 Å². The van der Waals surface area contributed by atoms with Gasteiger partial charge in [0.2, 0.25) is 0 Å². The Morgan fingerprint density at radius 3 is 2.90 bits per heavy atom. The molecule has 2 N–H and O–H groups in total. The monoisotopic (exact) mass is 299 g/mol. The van der Waals surface area contributed by atoms with Gasteiger partial charge in [-0.2, -0.15) is 0 Å². The standard InChI is InChI=1S/C15H22ClNO3/c16-13-5-3-12(4-6-13)8-17-9-14(18)10-19-11-15-2-1-7-20-15/h3-6,14-15,17-18H,1-2,7-11H2. The quantitative estimate of drug-likeness (QED) is 0.771. The lowest BCUT2D eigenvalue weighted by atomic mass is 10.2. The van der Waals surface area contributed by atoms with E-state index in [1.807, 2.05) is 24.3 Å². The van der Waals surface area contributed by atoms with Crippen molar-refractivity contribution in [3.05, 3.63) is 34.9 Å². The van der Waals surface area contributed by atoms with Crippen LogP contribution in [0, 0.1) is 0 Å². The molecule has 0 aliphatic carbocycles. The van der Waals surface area contributed by atoms with Crippen LogP contribution in [0.4, 0.5) is 0 Å². The SMILES string of the molecule is OC(CNCc1ccc(Cl)cc1)COCC1CCCO1. The van der Waals surface area contributed by atoms with Gasteiger partial charge in [-0.1, -0.05) is 23.7 Å². The molecule has 0 spiro atoms. The molecule has 5 heteroatoms. The minimum atomic E-state index is -0.497. The molecule has 1 aliphatic heterocycles. The average molecular weight is 300 g/mol. The number of ether oxygens (including phenoxy) is 2. The summed E-state index contributed by atoms with van der Waals surface area (Å²) in [5.41, 5.74) is 1.14. The molecule has 1 aliphatic rings. The number of aliphatic hydroxyl groups is 1. The van der Waals surface area contributed by atoms with Gasteiger partial charge in [-0.3, -0.25) is 0 Å². The Labute approximate surface area is 125 Å². The second-order valence-corrected chi connectivity index (χ2v) is 5.52. The highest BCUT2D eigenvalue weighted by Gasteiger charge is 2.15. The molecule has 1 fully saturated rings. The Hall–Kier alpha value is -0.650. The van der Waals surface area contributed by atoms with Crippen molar-refractivity contribution >= 4 is 11.6 Å². The smallest absolute Gasteiger partial charge is 0.0897 e. The van der Waals surface area contributed by atoms with Gasteiger partial charge in [0.05, 0.1) is 25.4 Å². The minimum absolute atomic E-state index is 0.212. The zero-order valence-corrected chi connectivity index (χ0v) is 12.3. The molecule has 20 heavy (non-hydrogen) atoms. The fourth-order valence-corrected chi connectivity index (χ4v) is 2.28. The van der Waals surface area contributed by atoms with Crippen LogP contribution in [-0.2, 0) is 16.0 Å². The van der Waals surface area contributed by atoms with Crippen molar-refractivity contribution in [1.82, 2.24) is 5.32 Å². The summed E-state index contributed by atoms with van der Waals surface area (Å²) in [5.74, 6) is 0. The first kappa shape index (κ1) is 15.7. The van der Waals surface area contributed by atoms with E-state index in [1.165, 1.54) is 0 Å². The van der Waals surface area contributed by atoms with Crippen LogP contribution >= 0.6 is 11.6 Å². The zero-order valence-electron chi connectivity index (χ0n) is 11.6. The summed E-state index contributed by atoms with van der Waals surface area (Å²) in [6.07, 6.45) is 1.89. The van der Waals surface area contributed by atoms with Gasteiger partial charge < -0.3 is 19.9 Å². The Bertz CT molecular complexity index is 379. The molecule has 0 radical (unpaired) electrons. The van der Waals surface area contributed by atoms with Crippen molar-refractivity contribution in [3.8, 4) is 0 Å². The third kappa shape index (κ3) is 5.77. The number of hydrogen-bond donors (Lipinski definition) is 2. The molecule has 2 rings (SSSR count). The van der Waals surface area contributed by atoms with Crippen LogP contribution in [0.1, 0.15) is 18.4 Å². The molecule has 0 saturated carbocycles. The number of halogens is 1. The van der Waals surface area contributed by atoms with Crippen LogP contribution in [-0.4, -0.2) is 43.7 Å². The largest absolute Gasteiger partial charge is 0.389 e. The maximum absolute atomic E-state index is 9.80. The predicted molar refractivity (Wildman–Crippen MR) is 79.0 cm³/mol. The summed E-state index contributed by atoms with van der Waals surface area (Å²) in [4.78, 5) is 0. The molecule has 1 saturated heterocycles. The lowest BCUT2D eigenvalue weighted by molar-refractivity contribution is -0.0164. The fraction of sp³-hybridized carbons (Fsp3) is 0.600. The molecule has 0 aromatic heterocycles. The summed E-state index contributed by atoms with van der Waals surface area (Å²) in [7, 11) is 0. The van der Waals surface area contributed by atoms with E-state index in [1.54, 1.807) is 0 Å². The van der Waals surface area contributed by atoms with E-state index in [0.717, 1.165) is 30.0 Å². The lowest BCUT2D eigenvalue weighted by Crippen LogP contribution is -2.31. The van der Waals surface area contributed by atoms with Crippen LogP contribution in [0.25, 0.3) is 0 Å². The molecule has 1 aromatic carbocycles. The van der Waals surface area contributed by atoms with Crippen molar-refractivity contribution in [2.24, 2.45) is 0 Å². The normalized spacial score (nSPS) is 20.2. The minimum Gasteiger partial charge on any atom is -0.389 e. The molecule has 2 unspecified atom stereocenters. The molecule has 0 amide bonds. The molecule has 4 nitrogen and oxygen atoms in total. The van der Waals surface area contributed by atoms with Gasteiger partial charge in [0.15, 0.2) is 0 Å². The summed E-state index contributed by atoms with van der Waals surface area (Å²) in [6.45, 7) is 2.97. The maximum atomic E-state index is 9.80. The average Bonchev–Trinajstić information content (AvgIpc) is 2.94. The van der Waals surface area contributed by atoms with Gasteiger partial charge in [-0.05, 0) is 30.5 Å². The Kier molecular flexibility index (Phi) is 6.76. The van der Waals surface area contributed by atoms with Crippen LogP contribution in [0.2, 0.25) is 5.02 Å². The maximum Gasteiger partial charge on any atom is 0.0897 e. The highest BCUT2D eigenvalue weighted by Crippen LogP contribution is 2.12. The molecule has 1 heterocycles. The number of hydrogen-bond acceptors (Lipinski definition) is 4. The number of aliphatic hydroxyl groups excluding tert-OH is 1. The summed E-state index contributed by atoms with van der Waals surface area (Å²) >= 11 is 5.82. The van der Waals surface area contributed by atoms with E-state index >= 15 is 0 Å². The van der Waals surface area contributed by atoms with Crippen molar-refractivity contribution in [1.29, 1.82) is 0 Å². The first-order valence-electron chi connectivity index (χ1n) is 7.06. The van der Waals surface area contributed by atoms with Crippen LogP contribution in [0.15, 0.2) is 24.3 Å². The summed E-state index contributed by atoms with van der Waals surface area (Å²) in [6, 6.07) is 7.66. The third-order valence-corrected chi connectivity index (χ3v) is 3.51. The summed E-state index contributed by atoms with van der Waals surface area (Å²) < 4.78 is 10.9. The molecule has 1 aromatic rings. The van der Waals surface area contributed by atoms with Crippen molar-refractivity contribution in [2.45, 2.75) is 31.6 Å². The third-order valence-electron chi connectivity index (χ3n) is 3.26. The van der Waals surface area contributed by atoms with Gasteiger partial charge >= 0.3 is 0 Å². The van der Waals surface area contributed by atoms with E-state index < -0.39 is 6.10 Å². The number of rotatable bonds is 8. The molecule has 0 bridgehead atoms. The zero-order chi connectivity index (χ0) is 14.2. The molecule has 112 valence electrons. The number of benzene rings is 1. The summed E-state index contributed by atoms with van der Waals surface area (Å²) in [5, 5.41) is 13.7. The van der Waals surface area contributed by atoms with Gasteiger partial charge in [-0.25, -0.2) is 0 Å². The van der Waals surface area contributed by atoms with Crippen LogP contribution in [0.3, 0.4) is 0 Å². The van der Waals surface area contributed by atoms with Gasteiger partial charge in [0, 0.05) is 24.7 Å². The van der Waals surface area contributed by atoms with Crippen molar-refractivity contribution < 1.29 is 14.6 Å². The molecule has 2 atom stereocenters. The van der Waals surface area contributed by atoms with Crippen LogP contribution in [0.5, 0.6) is 0 Å². The first-order valence-corrected chi connectivity index (χ1v) is 7.44. The Balaban J connectivity index is 1.53. The molecular formula is C15H22ClNO3. The van der Waals surface area contributed by atoms with Crippen LogP contribution < -0.4 is 5.32 Å². The van der Waals surface area contributed by atoms with Gasteiger partial charge in [0.25, 0.3) is 0 Å². The van der Waals surface area contributed by atoms with E-state index in [9.17, 15) is 5.11 Å². The van der Waals surface area contributed by atoms with Gasteiger partial charge in [-0.15, -0.1) is 0 Å². The molecular weight excluding hydrogens is 278 g/mol. The topological polar surface area (TPSA) is 50.7 Å². The second-order valence-electron chi connectivity index (χ2n) is 5.08. The lowest BCUT2D eigenvalue weighted by Gasteiger charge is -2.14. The van der Waals surface area contributed by atoms with E-state index in [0.29, 0.717) is 26.3 Å². The highest BCUT2D eigenvalue weighted by atomic mass is 35.5. The number of nitrogens with one attached hydrogen (secondary N) is 1. The second kappa shape index (κ2) is 8.60. The van der Waals surface area contributed by atoms with E-state index in [4.69, 9.17) is 21.1 Å². The predicted octanol–water partition coefficient (Wildman–Crippen LogP) is 1.99.